The molecule has 0 aliphatic heterocycles. The lowest BCUT2D eigenvalue weighted by atomic mass is 9.82. The monoisotopic (exact) mass is 747 g/mol. The van der Waals surface area contributed by atoms with E-state index in [9.17, 15) is 68.4 Å². The zero-order chi connectivity index (χ0) is 39.7. The van der Waals surface area contributed by atoms with Crippen molar-refractivity contribution in [3.8, 4) is 0 Å². The van der Waals surface area contributed by atoms with Crippen molar-refractivity contribution in [3.63, 3.8) is 0 Å². The third kappa shape index (κ3) is 15.5. The highest BCUT2D eigenvalue weighted by Gasteiger charge is 2.33. The SMILES string of the molecule is Cc1cccc(C(=O)NCCCCC(NC(=O)CN(CC(=O)O)C(=O)CN(CC(=O)O)C(=O)CN(CC(=O)O)C(=O)C2CCC(C=O)CC2)C(=O)O)c1. The minimum atomic E-state index is -1.60. The van der Waals surface area contributed by atoms with Crippen molar-refractivity contribution in [1.82, 2.24) is 25.3 Å². The van der Waals surface area contributed by atoms with Gasteiger partial charge < -0.3 is 50.6 Å². The number of rotatable bonds is 22. The van der Waals surface area contributed by atoms with E-state index < -0.39 is 98.7 Å². The highest BCUT2D eigenvalue weighted by atomic mass is 16.4. The summed E-state index contributed by atoms with van der Waals surface area (Å²) in [6.07, 6.45) is 2.55. The maximum absolute atomic E-state index is 13.2. The minimum Gasteiger partial charge on any atom is -0.480 e. The number of carboxylic acid groups (broad SMARTS) is 4. The molecule has 53 heavy (non-hydrogen) atoms. The number of nitrogens with zero attached hydrogens (tertiary/aromatic N) is 3. The summed E-state index contributed by atoms with van der Waals surface area (Å²) in [6, 6.07) is 5.46. The molecule has 1 aliphatic rings. The molecule has 1 aromatic carbocycles. The summed E-state index contributed by atoms with van der Waals surface area (Å²) in [5.41, 5.74) is 1.35. The number of benzene rings is 1. The third-order valence-electron chi connectivity index (χ3n) is 8.41. The van der Waals surface area contributed by atoms with Crippen molar-refractivity contribution in [2.75, 3.05) is 45.8 Å². The summed E-state index contributed by atoms with van der Waals surface area (Å²) in [5.74, 6) is -11.5. The van der Waals surface area contributed by atoms with Gasteiger partial charge in [0.25, 0.3) is 5.91 Å². The quantitative estimate of drug-likeness (QED) is 0.0626. The van der Waals surface area contributed by atoms with Gasteiger partial charge >= 0.3 is 23.9 Å². The van der Waals surface area contributed by atoms with E-state index in [1.54, 1.807) is 18.2 Å². The van der Waals surface area contributed by atoms with Crippen LogP contribution in [0.1, 0.15) is 60.9 Å². The fourth-order valence-corrected chi connectivity index (χ4v) is 5.69. The molecule has 1 fully saturated rings. The predicted octanol–water partition coefficient (Wildman–Crippen LogP) is -0.791. The first-order valence-corrected chi connectivity index (χ1v) is 16.8. The number of amides is 5. The Morgan fingerprint density at radius 1 is 0.755 bits per heavy atom. The molecular formula is C34H45N5O14. The Hall–Kier alpha value is -5.88. The molecule has 1 saturated carbocycles. The number of carboxylic acids is 4. The molecule has 0 heterocycles. The number of unbranched alkanes of at least 4 members (excludes halogenated alkanes) is 1. The van der Waals surface area contributed by atoms with Crippen LogP contribution >= 0.6 is 0 Å². The molecule has 1 unspecified atom stereocenters. The molecule has 0 radical (unpaired) electrons. The van der Waals surface area contributed by atoms with Gasteiger partial charge in [-0.2, -0.15) is 0 Å². The topological polar surface area (TPSA) is 285 Å². The van der Waals surface area contributed by atoms with E-state index in [0.717, 1.165) is 11.8 Å². The summed E-state index contributed by atoms with van der Waals surface area (Å²) in [5, 5.41) is 42.7. The zero-order valence-electron chi connectivity index (χ0n) is 29.2. The van der Waals surface area contributed by atoms with Gasteiger partial charge in [-0.15, -0.1) is 0 Å². The number of hydrogen-bond acceptors (Lipinski definition) is 10. The molecule has 1 aromatic rings. The molecule has 2 rings (SSSR count). The van der Waals surface area contributed by atoms with Crippen molar-refractivity contribution in [2.45, 2.75) is 57.9 Å². The van der Waals surface area contributed by atoms with Crippen molar-refractivity contribution < 1.29 is 68.4 Å². The standard InChI is InChI=1S/C34H45N5O14/c1-21-5-4-6-24(13-21)32(50)35-12-3-2-7-25(34(52)53)36-26(41)14-37(17-29(44)45)27(42)15-38(18-30(46)47)28(43)16-39(19-31(48)49)33(51)23-10-8-22(20-40)9-11-23/h4-6,13,20,22-23,25H,2-3,7-12,14-19H2,1H3,(H,35,50)(H,36,41)(H,44,45)(H,46,47)(H,48,49)(H,52,53). The molecule has 1 aliphatic carbocycles. The van der Waals surface area contributed by atoms with Gasteiger partial charge in [-0.25, -0.2) is 4.79 Å². The van der Waals surface area contributed by atoms with Gasteiger partial charge in [0.1, 0.15) is 51.6 Å². The Labute approximate surface area is 304 Å². The zero-order valence-corrected chi connectivity index (χ0v) is 29.2. The van der Waals surface area contributed by atoms with E-state index in [-0.39, 0.29) is 44.1 Å². The molecule has 6 N–H and O–H groups in total. The summed E-state index contributed by atoms with van der Waals surface area (Å²) in [7, 11) is 0. The van der Waals surface area contributed by atoms with Gasteiger partial charge in [0, 0.05) is 23.9 Å². The van der Waals surface area contributed by atoms with Gasteiger partial charge in [-0.1, -0.05) is 17.7 Å². The second-order valence-corrected chi connectivity index (χ2v) is 12.7. The van der Waals surface area contributed by atoms with Crippen LogP contribution in [0.25, 0.3) is 0 Å². The number of aldehydes is 1. The van der Waals surface area contributed by atoms with Crippen LogP contribution in [0.5, 0.6) is 0 Å². The minimum absolute atomic E-state index is 0.0841. The summed E-state index contributed by atoms with van der Waals surface area (Å²) in [6.45, 7) is -4.08. The number of nitrogens with one attached hydrogen (secondary N) is 2. The smallest absolute Gasteiger partial charge is 0.326 e. The van der Waals surface area contributed by atoms with Crippen LogP contribution < -0.4 is 10.6 Å². The Balaban J connectivity index is 2.04. The number of carbonyl (C=O) groups excluding carboxylic acids is 6. The normalized spacial score (nSPS) is 15.6. The first kappa shape index (κ1) is 43.3. The Kier molecular flexibility index (Phi) is 17.5. The van der Waals surface area contributed by atoms with Gasteiger partial charge in [-0.3, -0.25) is 38.4 Å². The van der Waals surface area contributed by atoms with Crippen molar-refractivity contribution >= 4 is 59.7 Å². The first-order chi connectivity index (χ1) is 25.0. The molecule has 290 valence electrons. The van der Waals surface area contributed by atoms with Crippen molar-refractivity contribution in [3.05, 3.63) is 35.4 Å². The molecule has 1 atom stereocenters. The van der Waals surface area contributed by atoms with Gasteiger partial charge in [0.05, 0.1) is 0 Å². The largest absolute Gasteiger partial charge is 0.480 e. The number of carbonyl (C=O) groups is 10. The Morgan fingerprint density at radius 3 is 1.83 bits per heavy atom. The number of aryl methyl sites for hydroxylation is 1. The summed E-state index contributed by atoms with van der Waals surface area (Å²) >= 11 is 0. The third-order valence-corrected chi connectivity index (χ3v) is 8.41. The lowest BCUT2D eigenvalue weighted by molar-refractivity contribution is -0.154. The van der Waals surface area contributed by atoms with Crippen LogP contribution in [-0.4, -0.2) is 147 Å². The molecule has 0 spiro atoms. The first-order valence-electron chi connectivity index (χ1n) is 16.8. The molecular weight excluding hydrogens is 702 g/mol. The number of hydrogen-bond donors (Lipinski definition) is 6. The van der Waals surface area contributed by atoms with Crippen LogP contribution in [0.15, 0.2) is 24.3 Å². The highest BCUT2D eigenvalue weighted by Crippen LogP contribution is 2.29. The summed E-state index contributed by atoms with van der Waals surface area (Å²) < 4.78 is 0. The van der Waals surface area contributed by atoms with E-state index in [1.165, 1.54) is 0 Å². The van der Waals surface area contributed by atoms with Crippen molar-refractivity contribution in [1.29, 1.82) is 0 Å². The lowest BCUT2D eigenvalue weighted by Gasteiger charge is -2.31. The Bertz CT molecular complexity index is 1540. The second kappa shape index (κ2) is 21.5. The van der Waals surface area contributed by atoms with Crippen LogP contribution in [0.2, 0.25) is 0 Å². The molecule has 19 nitrogen and oxygen atoms in total. The van der Waals surface area contributed by atoms with Crippen molar-refractivity contribution in [2.24, 2.45) is 11.8 Å². The maximum atomic E-state index is 13.2. The van der Waals surface area contributed by atoms with Crippen LogP contribution in [-0.2, 0) is 43.2 Å². The number of aliphatic carboxylic acids is 4. The average molecular weight is 748 g/mol. The van der Waals surface area contributed by atoms with Crippen LogP contribution in [0.4, 0.5) is 0 Å². The van der Waals surface area contributed by atoms with Gasteiger partial charge in [-0.05, 0) is 64.0 Å². The molecule has 0 aromatic heterocycles. The average Bonchev–Trinajstić information content (AvgIpc) is 3.08. The highest BCUT2D eigenvalue weighted by molar-refractivity contribution is 5.95. The van der Waals surface area contributed by atoms with E-state index in [4.69, 9.17) is 0 Å². The second-order valence-electron chi connectivity index (χ2n) is 12.7. The van der Waals surface area contributed by atoms with Crippen LogP contribution in [0.3, 0.4) is 0 Å². The molecule has 0 bridgehead atoms. The van der Waals surface area contributed by atoms with E-state index in [2.05, 4.69) is 10.6 Å². The van der Waals surface area contributed by atoms with E-state index in [1.807, 2.05) is 13.0 Å². The molecule has 5 amide bonds. The maximum Gasteiger partial charge on any atom is 0.326 e. The predicted molar refractivity (Wildman–Crippen MR) is 181 cm³/mol. The lowest BCUT2D eigenvalue weighted by Crippen LogP contribution is -2.53. The van der Waals surface area contributed by atoms with Gasteiger partial charge in [0.15, 0.2) is 0 Å². The van der Waals surface area contributed by atoms with E-state index >= 15 is 0 Å². The van der Waals surface area contributed by atoms with E-state index in [0.29, 0.717) is 39.5 Å². The van der Waals surface area contributed by atoms with Gasteiger partial charge in [0.2, 0.25) is 23.6 Å². The fraction of sp³-hybridized carbons (Fsp3) is 0.529. The molecule has 0 saturated heterocycles. The van der Waals surface area contributed by atoms with Crippen LogP contribution in [0, 0.1) is 18.8 Å². The summed E-state index contributed by atoms with van der Waals surface area (Å²) in [4.78, 5) is 124. The Morgan fingerprint density at radius 2 is 1.30 bits per heavy atom. The molecule has 19 heteroatoms. The fourth-order valence-electron chi connectivity index (χ4n) is 5.69.